The molecule has 0 amide bonds. The number of hydrogen-bond donors (Lipinski definition) is 3. The van der Waals surface area contributed by atoms with Gasteiger partial charge < -0.3 is 10.1 Å². The van der Waals surface area contributed by atoms with E-state index in [1.165, 1.54) is 6.07 Å². The Hall–Kier alpha value is -1.18. The van der Waals surface area contributed by atoms with E-state index in [4.69, 9.17) is 10.6 Å². The van der Waals surface area contributed by atoms with Crippen molar-refractivity contribution in [1.29, 1.82) is 0 Å². The Morgan fingerprint density at radius 1 is 1.56 bits per heavy atom. The maximum atomic E-state index is 13.4. The fourth-order valence-electron chi connectivity index (χ4n) is 1.28. The monoisotopic (exact) mass is 318 g/mol. The molecule has 0 aliphatic carbocycles. The molecular formula is C11H16BrFN4O. The molecular weight excluding hydrogens is 303 g/mol. The third-order valence-electron chi connectivity index (χ3n) is 2.22. The molecule has 0 atom stereocenters. The van der Waals surface area contributed by atoms with Gasteiger partial charge in [-0.15, -0.1) is 0 Å². The van der Waals surface area contributed by atoms with E-state index < -0.39 is 0 Å². The van der Waals surface area contributed by atoms with Crippen LogP contribution in [0, 0.1) is 12.7 Å². The van der Waals surface area contributed by atoms with Crippen LogP contribution in [-0.2, 0) is 4.74 Å². The van der Waals surface area contributed by atoms with Crippen LogP contribution in [0.5, 0.6) is 0 Å². The minimum Gasteiger partial charge on any atom is -0.383 e. The molecule has 100 valence electrons. The largest absolute Gasteiger partial charge is 0.383 e. The van der Waals surface area contributed by atoms with Crippen LogP contribution in [0.2, 0.25) is 0 Å². The molecule has 0 heterocycles. The van der Waals surface area contributed by atoms with Gasteiger partial charge in [-0.3, -0.25) is 5.43 Å². The normalized spacial score (nSPS) is 11.5. The molecule has 0 unspecified atom stereocenters. The third-order valence-corrected chi connectivity index (χ3v) is 2.83. The number of benzene rings is 1. The summed E-state index contributed by atoms with van der Waals surface area (Å²) in [5.74, 6) is 5.34. The van der Waals surface area contributed by atoms with Crippen LogP contribution in [0.25, 0.3) is 0 Å². The number of hydrazine groups is 1. The first kappa shape index (κ1) is 14.9. The summed E-state index contributed by atoms with van der Waals surface area (Å²) >= 11 is 3.12. The van der Waals surface area contributed by atoms with E-state index in [0.717, 1.165) is 5.56 Å². The number of hydrogen-bond acceptors (Lipinski definition) is 3. The Bertz CT molecular complexity index is 439. The number of halogens is 2. The summed E-state index contributed by atoms with van der Waals surface area (Å²) in [6.45, 7) is 2.80. The topological polar surface area (TPSA) is 71.7 Å². The van der Waals surface area contributed by atoms with Gasteiger partial charge in [-0.25, -0.2) is 15.2 Å². The highest BCUT2D eigenvalue weighted by molar-refractivity contribution is 9.10. The Labute approximate surface area is 114 Å². The van der Waals surface area contributed by atoms with Crippen LogP contribution in [-0.4, -0.2) is 26.2 Å². The van der Waals surface area contributed by atoms with Gasteiger partial charge in [0.05, 0.1) is 17.6 Å². The average molecular weight is 319 g/mol. The zero-order valence-corrected chi connectivity index (χ0v) is 11.8. The molecule has 0 bridgehead atoms. The highest BCUT2D eigenvalue weighted by Crippen LogP contribution is 2.23. The number of nitrogens with two attached hydrogens (primary N) is 1. The van der Waals surface area contributed by atoms with Gasteiger partial charge in [0, 0.05) is 12.8 Å². The first-order valence-electron chi connectivity index (χ1n) is 5.31. The van der Waals surface area contributed by atoms with E-state index in [2.05, 4.69) is 31.7 Å². The lowest BCUT2D eigenvalue weighted by Gasteiger charge is -2.12. The maximum Gasteiger partial charge on any atom is 0.210 e. The number of guanidine groups is 1. The van der Waals surface area contributed by atoms with Crippen molar-refractivity contribution < 1.29 is 9.13 Å². The van der Waals surface area contributed by atoms with Crippen molar-refractivity contribution in [2.45, 2.75) is 6.92 Å². The molecule has 1 aromatic rings. The number of nitrogens with zero attached hydrogens (tertiary/aromatic N) is 1. The third kappa shape index (κ3) is 4.25. The molecule has 1 rings (SSSR count). The SMILES string of the molecule is COCCN=C(NN)Nc1cc(F)c(Br)cc1C. The average Bonchev–Trinajstić information content (AvgIpc) is 2.34. The number of nitrogens with one attached hydrogen (secondary N) is 2. The number of methoxy groups -OCH3 is 1. The van der Waals surface area contributed by atoms with Crippen molar-refractivity contribution in [2.75, 3.05) is 25.6 Å². The second-order valence-corrected chi connectivity index (χ2v) is 4.43. The predicted molar refractivity (Wildman–Crippen MR) is 74.0 cm³/mol. The molecule has 0 aromatic heterocycles. The first-order chi connectivity index (χ1) is 8.58. The molecule has 0 saturated carbocycles. The van der Waals surface area contributed by atoms with E-state index in [-0.39, 0.29) is 5.82 Å². The summed E-state index contributed by atoms with van der Waals surface area (Å²) in [5, 5.41) is 2.92. The minimum atomic E-state index is -0.351. The highest BCUT2D eigenvalue weighted by atomic mass is 79.9. The number of ether oxygens (including phenoxy) is 1. The molecule has 0 saturated heterocycles. The van der Waals surface area contributed by atoms with Gasteiger partial charge in [-0.05, 0) is 40.5 Å². The predicted octanol–water partition coefficient (Wildman–Crippen LogP) is 1.77. The van der Waals surface area contributed by atoms with Gasteiger partial charge in [-0.2, -0.15) is 0 Å². The van der Waals surface area contributed by atoms with Crippen molar-refractivity contribution in [2.24, 2.45) is 10.8 Å². The number of aliphatic imine (C=N–C) groups is 1. The molecule has 0 aliphatic rings. The number of rotatable bonds is 4. The van der Waals surface area contributed by atoms with Gasteiger partial charge >= 0.3 is 0 Å². The van der Waals surface area contributed by atoms with Crippen molar-refractivity contribution in [3.05, 3.63) is 28.0 Å². The molecule has 0 spiro atoms. The standard InChI is InChI=1S/C11H16BrFN4O/c1-7-5-8(12)9(13)6-10(7)16-11(17-14)15-3-4-18-2/h5-6H,3-4,14H2,1-2H3,(H2,15,16,17). The van der Waals surface area contributed by atoms with Crippen LogP contribution in [0.1, 0.15) is 5.56 Å². The van der Waals surface area contributed by atoms with Crippen LogP contribution in [0.3, 0.4) is 0 Å². The second-order valence-electron chi connectivity index (χ2n) is 3.57. The Balaban J connectivity index is 2.81. The van der Waals surface area contributed by atoms with E-state index in [0.29, 0.717) is 29.3 Å². The molecule has 1 aromatic carbocycles. The summed E-state index contributed by atoms with van der Waals surface area (Å²) in [7, 11) is 1.59. The molecule has 0 aliphatic heterocycles. The highest BCUT2D eigenvalue weighted by Gasteiger charge is 2.06. The Morgan fingerprint density at radius 2 is 2.28 bits per heavy atom. The zero-order chi connectivity index (χ0) is 13.5. The zero-order valence-electron chi connectivity index (χ0n) is 10.3. The first-order valence-corrected chi connectivity index (χ1v) is 6.10. The van der Waals surface area contributed by atoms with Crippen LogP contribution in [0.15, 0.2) is 21.6 Å². The van der Waals surface area contributed by atoms with E-state index >= 15 is 0 Å². The van der Waals surface area contributed by atoms with Gasteiger partial charge in [0.25, 0.3) is 0 Å². The molecule has 0 fully saturated rings. The maximum absolute atomic E-state index is 13.4. The van der Waals surface area contributed by atoms with E-state index in [9.17, 15) is 4.39 Å². The van der Waals surface area contributed by atoms with Gasteiger partial charge in [0.15, 0.2) is 0 Å². The Morgan fingerprint density at radius 3 is 2.89 bits per heavy atom. The van der Waals surface area contributed by atoms with Crippen molar-refractivity contribution in [3.63, 3.8) is 0 Å². The van der Waals surface area contributed by atoms with Gasteiger partial charge in [0.2, 0.25) is 5.96 Å². The van der Waals surface area contributed by atoms with E-state index in [1.54, 1.807) is 13.2 Å². The molecule has 5 nitrogen and oxygen atoms in total. The van der Waals surface area contributed by atoms with E-state index in [1.807, 2.05) is 6.92 Å². The fraction of sp³-hybridized carbons (Fsp3) is 0.364. The number of aryl methyl sites for hydroxylation is 1. The summed E-state index contributed by atoms with van der Waals surface area (Å²) in [4.78, 5) is 4.13. The van der Waals surface area contributed by atoms with Crippen molar-refractivity contribution in [1.82, 2.24) is 5.43 Å². The van der Waals surface area contributed by atoms with Crippen molar-refractivity contribution >= 4 is 27.6 Å². The quantitative estimate of drug-likeness (QED) is 0.260. The summed E-state index contributed by atoms with van der Waals surface area (Å²) in [6.07, 6.45) is 0. The van der Waals surface area contributed by atoms with Crippen LogP contribution >= 0.6 is 15.9 Å². The molecule has 7 heteroatoms. The fourth-order valence-corrected chi connectivity index (χ4v) is 1.74. The minimum absolute atomic E-state index is 0.351. The lowest BCUT2D eigenvalue weighted by Crippen LogP contribution is -2.36. The molecule has 0 radical (unpaired) electrons. The van der Waals surface area contributed by atoms with Crippen LogP contribution in [0.4, 0.5) is 10.1 Å². The molecule has 18 heavy (non-hydrogen) atoms. The summed E-state index contributed by atoms with van der Waals surface area (Å²) in [5.41, 5.74) is 3.89. The summed E-state index contributed by atoms with van der Waals surface area (Å²) in [6, 6.07) is 3.06. The van der Waals surface area contributed by atoms with Gasteiger partial charge in [-0.1, -0.05) is 0 Å². The second kappa shape index (κ2) is 7.30. The van der Waals surface area contributed by atoms with Gasteiger partial charge in [0.1, 0.15) is 5.82 Å². The summed E-state index contributed by atoms with van der Waals surface area (Å²) < 4.78 is 18.7. The lowest BCUT2D eigenvalue weighted by molar-refractivity contribution is 0.208. The lowest BCUT2D eigenvalue weighted by atomic mass is 10.2. The van der Waals surface area contributed by atoms with Crippen LogP contribution < -0.4 is 16.6 Å². The Kier molecular flexibility index (Phi) is 6.03. The number of anilines is 1. The smallest absolute Gasteiger partial charge is 0.210 e. The molecule has 4 N–H and O–H groups in total. The van der Waals surface area contributed by atoms with Crippen molar-refractivity contribution in [3.8, 4) is 0 Å².